The van der Waals surface area contributed by atoms with E-state index in [0.29, 0.717) is 6.42 Å². The lowest BCUT2D eigenvalue weighted by molar-refractivity contribution is -0.117. The molecule has 0 radical (unpaired) electrons. The molecule has 0 aliphatic heterocycles. The molecule has 0 bridgehead atoms. The fourth-order valence-electron chi connectivity index (χ4n) is 2.57. The van der Waals surface area contributed by atoms with Crippen LogP contribution in [0.5, 0.6) is 0 Å². The highest BCUT2D eigenvalue weighted by molar-refractivity contribution is 14.1. The predicted octanol–water partition coefficient (Wildman–Crippen LogP) is 3.49. The van der Waals surface area contributed by atoms with Gasteiger partial charge in [-0.2, -0.15) is 0 Å². The van der Waals surface area contributed by atoms with Crippen molar-refractivity contribution in [1.29, 1.82) is 0 Å². The van der Waals surface area contributed by atoms with E-state index in [1.807, 2.05) is 24.3 Å². The number of nitrogens with one attached hydrogen (secondary N) is 1. The SMILES string of the molecule is C=CCOC(=O)c1cc(NC(=O)[C@@H](N)Cc2ccc(I)cc2)cc(C(=O)OCC=C)c1. The van der Waals surface area contributed by atoms with Crippen LogP contribution in [0.25, 0.3) is 0 Å². The van der Waals surface area contributed by atoms with Crippen LogP contribution in [0.3, 0.4) is 0 Å². The molecule has 7 nitrogen and oxygen atoms in total. The number of hydrogen-bond acceptors (Lipinski definition) is 6. The minimum absolute atomic E-state index is 0.00650. The third kappa shape index (κ3) is 7.65. The predicted molar refractivity (Wildman–Crippen MR) is 127 cm³/mol. The second kappa shape index (κ2) is 12.0. The summed E-state index contributed by atoms with van der Waals surface area (Å²) in [7, 11) is 0. The Balaban J connectivity index is 2.21. The van der Waals surface area contributed by atoms with Crippen LogP contribution in [0.4, 0.5) is 5.69 Å². The van der Waals surface area contributed by atoms with Crippen LogP contribution in [0.15, 0.2) is 67.8 Å². The van der Waals surface area contributed by atoms with Crippen molar-refractivity contribution < 1.29 is 23.9 Å². The van der Waals surface area contributed by atoms with Crippen molar-refractivity contribution in [3.63, 3.8) is 0 Å². The van der Waals surface area contributed by atoms with E-state index in [0.717, 1.165) is 9.13 Å². The van der Waals surface area contributed by atoms with Gasteiger partial charge in [-0.3, -0.25) is 4.79 Å². The molecule has 0 aliphatic rings. The fraction of sp³-hybridized carbons (Fsp3) is 0.174. The first-order chi connectivity index (χ1) is 14.8. The molecule has 1 amide bonds. The number of amides is 1. The van der Waals surface area contributed by atoms with Crippen molar-refractivity contribution in [2.75, 3.05) is 18.5 Å². The standard InChI is InChI=1S/C23H23IN2O5/c1-3-9-30-22(28)16-12-17(23(29)31-10-4-2)14-19(13-16)26-21(27)20(25)11-15-5-7-18(24)8-6-15/h3-8,12-14,20H,1-2,9-11,25H2,(H,26,27)/t20-/m0/s1. The lowest BCUT2D eigenvalue weighted by atomic mass is 10.1. The first-order valence-electron chi connectivity index (χ1n) is 9.36. The molecule has 0 aromatic heterocycles. The van der Waals surface area contributed by atoms with Crippen LogP contribution < -0.4 is 11.1 Å². The second-order valence-electron chi connectivity index (χ2n) is 6.50. The van der Waals surface area contributed by atoms with Gasteiger partial charge in [-0.15, -0.1) is 0 Å². The maximum atomic E-state index is 12.6. The van der Waals surface area contributed by atoms with Crippen molar-refractivity contribution >= 4 is 46.1 Å². The Hall–Kier alpha value is -2.98. The molecule has 3 N–H and O–H groups in total. The van der Waals surface area contributed by atoms with Crippen LogP contribution in [0, 0.1) is 3.57 Å². The maximum absolute atomic E-state index is 12.6. The van der Waals surface area contributed by atoms with E-state index in [2.05, 4.69) is 41.1 Å². The van der Waals surface area contributed by atoms with Gasteiger partial charge in [0.1, 0.15) is 13.2 Å². The molecule has 2 aromatic rings. The minimum Gasteiger partial charge on any atom is -0.458 e. The van der Waals surface area contributed by atoms with Gasteiger partial charge in [0, 0.05) is 9.26 Å². The van der Waals surface area contributed by atoms with Crippen LogP contribution in [-0.4, -0.2) is 37.1 Å². The molecular weight excluding hydrogens is 511 g/mol. The Morgan fingerprint density at radius 1 is 0.968 bits per heavy atom. The highest BCUT2D eigenvalue weighted by Gasteiger charge is 2.19. The minimum atomic E-state index is -0.826. The molecule has 0 heterocycles. The zero-order chi connectivity index (χ0) is 22.8. The van der Waals surface area contributed by atoms with E-state index in [1.165, 1.54) is 30.4 Å². The summed E-state index contributed by atoms with van der Waals surface area (Å²) in [6, 6.07) is 11.0. The van der Waals surface area contributed by atoms with Crippen molar-refractivity contribution in [1.82, 2.24) is 0 Å². The number of esters is 2. The summed E-state index contributed by atoms with van der Waals surface area (Å²) >= 11 is 2.19. The number of carbonyl (C=O) groups excluding carboxylic acids is 3. The normalized spacial score (nSPS) is 11.2. The average molecular weight is 534 g/mol. The van der Waals surface area contributed by atoms with Gasteiger partial charge in [0.25, 0.3) is 0 Å². The van der Waals surface area contributed by atoms with E-state index in [-0.39, 0.29) is 30.0 Å². The Morgan fingerprint density at radius 3 is 1.97 bits per heavy atom. The van der Waals surface area contributed by atoms with E-state index < -0.39 is 23.9 Å². The summed E-state index contributed by atoms with van der Waals surface area (Å²) in [6.07, 6.45) is 3.18. The molecule has 162 valence electrons. The lowest BCUT2D eigenvalue weighted by Gasteiger charge is -2.14. The molecule has 0 aliphatic carbocycles. The van der Waals surface area contributed by atoms with Gasteiger partial charge >= 0.3 is 11.9 Å². The molecule has 0 unspecified atom stereocenters. The molecule has 0 saturated heterocycles. The molecule has 2 rings (SSSR count). The maximum Gasteiger partial charge on any atom is 0.338 e. The molecule has 0 spiro atoms. The number of rotatable bonds is 10. The Kier molecular flexibility index (Phi) is 9.41. The van der Waals surface area contributed by atoms with Gasteiger partial charge in [0.2, 0.25) is 5.91 Å². The molecule has 0 saturated carbocycles. The van der Waals surface area contributed by atoms with E-state index >= 15 is 0 Å². The first-order valence-corrected chi connectivity index (χ1v) is 10.4. The van der Waals surface area contributed by atoms with Gasteiger partial charge in [-0.1, -0.05) is 37.4 Å². The molecule has 31 heavy (non-hydrogen) atoms. The molecule has 0 fully saturated rings. The number of nitrogens with two attached hydrogens (primary N) is 1. The summed E-state index contributed by atoms with van der Waals surface area (Å²) in [5, 5.41) is 2.65. The van der Waals surface area contributed by atoms with Gasteiger partial charge in [0.15, 0.2) is 0 Å². The third-order valence-corrected chi connectivity index (χ3v) is 4.76. The average Bonchev–Trinajstić information content (AvgIpc) is 2.76. The van der Waals surface area contributed by atoms with Crippen LogP contribution in [0.1, 0.15) is 26.3 Å². The first kappa shape index (κ1) is 24.3. The molecule has 2 aromatic carbocycles. The van der Waals surface area contributed by atoms with Gasteiger partial charge < -0.3 is 20.5 Å². The molecule has 8 heteroatoms. The van der Waals surface area contributed by atoms with Crippen LogP contribution in [-0.2, 0) is 20.7 Å². The summed E-state index contributed by atoms with van der Waals surface area (Å²) in [4.78, 5) is 37.1. The summed E-state index contributed by atoms with van der Waals surface area (Å²) < 4.78 is 11.1. The van der Waals surface area contributed by atoms with Crippen LogP contribution >= 0.6 is 22.6 Å². The van der Waals surface area contributed by atoms with Crippen LogP contribution in [0.2, 0.25) is 0 Å². The van der Waals surface area contributed by atoms with E-state index in [4.69, 9.17) is 15.2 Å². The van der Waals surface area contributed by atoms with Crippen molar-refractivity contribution in [2.45, 2.75) is 12.5 Å². The Bertz CT molecular complexity index is 930. The quantitative estimate of drug-likeness (QED) is 0.275. The number of hydrogen-bond donors (Lipinski definition) is 2. The number of carbonyl (C=O) groups is 3. The number of anilines is 1. The Morgan fingerprint density at radius 2 is 1.48 bits per heavy atom. The lowest BCUT2D eigenvalue weighted by Crippen LogP contribution is -2.37. The third-order valence-electron chi connectivity index (χ3n) is 4.04. The summed E-state index contributed by atoms with van der Waals surface area (Å²) in [6.45, 7) is 6.99. The molecular formula is C23H23IN2O5. The fourth-order valence-corrected chi connectivity index (χ4v) is 2.93. The smallest absolute Gasteiger partial charge is 0.338 e. The largest absolute Gasteiger partial charge is 0.458 e. The Labute approximate surface area is 194 Å². The van der Waals surface area contributed by atoms with Gasteiger partial charge in [0.05, 0.1) is 17.2 Å². The second-order valence-corrected chi connectivity index (χ2v) is 7.75. The van der Waals surface area contributed by atoms with Crippen molar-refractivity contribution in [3.05, 3.63) is 88.0 Å². The zero-order valence-corrected chi connectivity index (χ0v) is 19.0. The van der Waals surface area contributed by atoms with Crippen molar-refractivity contribution in [3.8, 4) is 0 Å². The van der Waals surface area contributed by atoms with Crippen molar-refractivity contribution in [2.24, 2.45) is 5.73 Å². The summed E-state index contributed by atoms with van der Waals surface area (Å²) in [5.74, 6) is -1.80. The van der Waals surface area contributed by atoms with E-state index in [1.54, 1.807) is 0 Å². The number of benzene rings is 2. The van der Waals surface area contributed by atoms with Gasteiger partial charge in [-0.05, 0) is 64.9 Å². The highest BCUT2D eigenvalue weighted by Crippen LogP contribution is 2.18. The highest BCUT2D eigenvalue weighted by atomic mass is 127. The topological polar surface area (TPSA) is 108 Å². The monoisotopic (exact) mass is 534 g/mol. The number of halogens is 1. The van der Waals surface area contributed by atoms with Gasteiger partial charge in [-0.25, -0.2) is 9.59 Å². The molecule has 1 atom stereocenters. The zero-order valence-electron chi connectivity index (χ0n) is 16.8. The summed E-state index contributed by atoms with van der Waals surface area (Å²) in [5.41, 5.74) is 7.34. The number of ether oxygens (including phenoxy) is 2. The van der Waals surface area contributed by atoms with E-state index in [9.17, 15) is 14.4 Å².